The third-order valence-corrected chi connectivity index (χ3v) is 10.8. The van der Waals surface area contributed by atoms with E-state index in [1.165, 1.54) is 71.8 Å². The van der Waals surface area contributed by atoms with Gasteiger partial charge in [0.25, 0.3) is 0 Å². The molecule has 0 amide bonds. The van der Waals surface area contributed by atoms with Crippen molar-refractivity contribution in [3.05, 3.63) is 203 Å². The summed E-state index contributed by atoms with van der Waals surface area (Å²) in [5.74, 6) is 0. The smallest absolute Gasteiger partial charge is 0.0742 e. The molecule has 3 heterocycles. The molecule has 10 rings (SSSR count). The summed E-state index contributed by atoms with van der Waals surface area (Å²) in [6, 6.07) is 61.7. The van der Waals surface area contributed by atoms with Crippen LogP contribution < -0.4 is 0 Å². The Morgan fingerprint density at radius 1 is 0.569 bits per heavy atom. The van der Waals surface area contributed by atoms with Crippen molar-refractivity contribution < 1.29 is 20.1 Å². The average molecular weight is 830 g/mol. The van der Waals surface area contributed by atoms with E-state index in [1.807, 2.05) is 6.20 Å². The molecule has 0 saturated heterocycles. The maximum absolute atomic E-state index is 4.86. The van der Waals surface area contributed by atoms with Crippen LogP contribution in [-0.4, -0.2) is 9.55 Å². The Labute approximate surface area is 311 Å². The van der Waals surface area contributed by atoms with Gasteiger partial charge in [0.2, 0.25) is 0 Å². The summed E-state index contributed by atoms with van der Waals surface area (Å²) >= 11 is 0. The molecule has 0 unspecified atom stereocenters. The fraction of sp³-hybridized carbons (Fsp3) is 0.0625. The largest absolute Gasteiger partial charge is 0.309 e. The first kappa shape index (κ1) is 31.4. The minimum atomic E-state index is -0.558. The number of hydrogen-bond donors (Lipinski definition) is 0. The molecule has 0 N–H and O–H groups in total. The van der Waals surface area contributed by atoms with Crippen LogP contribution in [0.15, 0.2) is 164 Å². The van der Waals surface area contributed by atoms with Gasteiger partial charge in [-0.15, -0.1) is 35.4 Å². The molecule has 2 aromatic heterocycles. The molecule has 1 radical (unpaired) electrons. The number of nitrogens with zero attached hydrogens (tertiary/aromatic N) is 2. The molecule has 9 aromatic rings. The third-order valence-electron chi connectivity index (χ3n) is 10.8. The summed E-state index contributed by atoms with van der Waals surface area (Å²) in [6.45, 7) is 4.34. The molecule has 245 valence electrons. The van der Waals surface area contributed by atoms with E-state index in [0.717, 1.165) is 22.2 Å². The number of hydrogen-bond acceptors (Lipinski definition) is 1. The number of benzene rings is 7. The van der Waals surface area contributed by atoms with Crippen molar-refractivity contribution in [1.82, 2.24) is 9.55 Å². The van der Waals surface area contributed by atoms with E-state index in [0.29, 0.717) is 0 Å². The van der Waals surface area contributed by atoms with Crippen molar-refractivity contribution in [3.63, 3.8) is 0 Å². The van der Waals surface area contributed by atoms with E-state index < -0.39 is 5.41 Å². The van der Waals surface area contributed by atoms with Crippen molar-refractivity contribution in [2.75, 3.05) is 0 Å². The maximum Gasteiger partial charge on any atom is 0.0742 e. The Hall–Kier alpha value is -5.60. The van der Waals surface area contributed by atoms with Gasteiger partial charge in [-0.3, -0.25) is 0 Å². The van der Waals surface area contributed by atoms with Crippen LogP contribution in [0, 0.1) is 19.9 Å². The molecule has 0 spiro atoms. The summed E-state index contributed by atoms with van der Waals surface area (Å²) in [5.41, 5.74) is 15.0. The standard InChI is InChI=1S/C48H33N2.Ir/c1-31-18-22-37(23-19-31)48(38-24-20-32(2)21-25-38)42-15-6-8-17-45(42)50-44-16-7-5-14-40(44)41-29-36(30-43(48)47(41)50)34-11-9-12-35(28-34)46-39-13-4-3-10-33(39)26-27-49-46;/h3-11,13-30H,1-2H3;/q-1;. The normalized spacial score (nSPS) is 12.9. The van der Waals surface area contributed by atoms with Gasteiger partial charge in [0.1, 0.15) is 0 Å². The van der Waals surface area contributed by atoms with Crippen LogP contribution in [0.2, 0.25) is 0 Å². The Bertz CT molecular complexity index is 2720. The predicted octanol–water partition coefficient (Wildman–Crippen LogP) is 11.8. The van der Waals surface area contributed by atoms with Crippen molar-refractivity contribution in [3.8, 4) is 28.1 Å². The number of aryl methyl sites for hydroxylation is 2. The van der Waals surface area contributed by atoms with Crippen molar-refractivity contribution >= 4 is 32.6 Å². The van der Waals surface area contributed by atoms with Gasteiger partial charge in [0, 0.05) is 37.1 Å². The van der Waals surface area contributed by atoms with Crippen molar-refractivity contribution in [1.29, 1.82) is 0 Å². The molecule has 7 aromatic carbocycles. The number of fused-ring (bicyclic) bond motifs is 6. The SMILES string of the molecule is Cc1ccc(C2(c3ccc(C)cc3)c3ccccc3-n3c4ccccc4c4cc(-c5cc[c-]c(-c6nccc7ccccc67)c5)cc2c43)cc1.[Ir]. The number of aromatic nitrogens is 2. The Kier molecular flexibility index (Phi) is 7.40. The quantitative estimate of drug-likeness (QED) is 0.162. The molecule has 0 fully saturated rings. The van der Waals surface area contributed by atoms with Crippen LogP contribution >= 0.6 is 0 Å². The van der Waals surface area contributed by atoms with E-state index in [2.05, 4.69) is 182 Å². The van der Waals surface area contributed by atoms with Crippen LogP contribution in [-0.2, 0) is 25.5 Å². The zero-order valence-corrected chi connectivity index (χ0v) is 30.7. The summed E-state index contributed by atoms with van der Waals surface area (Å²) in [7, 11) is 0. The first-order valence-corrected chi connectivity index (χ1v) is 17.3. The minimum Gasteiger partial charge on any atom is -0.309 e. The summed E-state index contributed by atoms with van der Waals surface area (Å²) in [5, 5.41) is 4.81. The van der Waals surface area contributed by atoms with Crippen LogP contribution in [0.4, 0.5) is 0 Å². The van der Waals surface area contributed by atoms with Gasteiger partial charge in [0.15, 0.2) is 0 Å². The van der Waals surface area contributed by atoms with E-state index >= 15 is 0 Å². The molecule has 1 aliphatic heterocycles. The van der Waals surface area contributed by atoms with Gasteiger partial charge in [0.05, 0.1) is 22.1 Å². The van der Waals surface area contributed by atoms with Gasteiger partial charge in [-0.1, -0.05) is 120 Å². The van der Waals surface area contributed by atoms with E-state index in [4.69, 9.17) is 4.98 Å². The van der Waals surface area contributed by atoms with Gasteiger partial charge >= 0.3 is 0 Å². The molecule has 2 nitrogen and oxygen atoms in total. The molecule has 0 bridgehead atoms. The third kappa shape index (κ3) is 4.62. The zero-order chi connectivity index (χ0) is 33.4. The second kappa shape index (κ2) is 12.0. The van der Waals surface area contributed by atoms with Crippen molar-refractivity contribution in [2.45, 2.75) is 19.3 Å². The number of pyridine rings is 1. The van der Waals surface area contributed by atoms with Gasteiger partial charge in [-0.25, -0.2) is 0 Å². The van der Waals surface area contributed by atoms with Crippen LogP contribution in [0.3, 0.4) is 0 Å². The zero-order valence-electron chi connectivity index (χ0n) is 28.3. The van der Waals surface area contributed by atoms with Gasteiger partial charge in [-0.2, -0.15) is 0 Å². The fourth-order valence-electron chi connectivity index (χ4n) is 8.44. The number of para-hydroxylation sites is 2. The Morgan fingerprint density at radius 3 is 2.00 bits per heavy atom. The minimum absolute atomic E-state index is 0. The molecule has 0 saturated carbocycles. The second-order valence-electron chi connectivity index (χ2n) is 13.6. The topological polar surface area (TPSA) is 17.8 Å². The molecule has 0 atom stereocenters. The molecule has 51 heavy (non-hydrogen) atoms. The van der Waals surface area contributed by atoms with E-state index in [9.17, 15) is 0 Å². The maximum atomic E-state index is 4.86. The molecular weight excluding hydrogens is 797 g/mol. The summed E-state index contributed by atoms with van der Waals surface area (Å²) < 4.78 is 2.50. The van der Waals surface area contributed by atoms with Crippen LogP contribution in [0.25, 0.3) is 60.6 Å². The van der Waals surface area contributed by atoms with Gasteiger partial charge < -0.3 is 9.55 Å². The first-order chi connectivity index (χ1) is 24.6. The molecule has 0 aliphatic carbocycles. The van der Waals surface area contributed by atoms with Crippen molar-refractivity contribution in [2.24, 2.45) is 0 Å². The second-order valence-corrected chi connectivity index (χ2v) is 13.6. The Balaban J connectivity index is 0.00000348. The van der Waals surface area contributed by atoms with Gasteiger partial charge in [-0.05, 0) is 88.5 Å². The fourth-order valence-corrected chi connectivity index (χ4v) is 8.44. The van der Waals surface area contributed by atoms with E-state index in [1.54, 1.807) is 0 Å². The number of rotatable bonds is 4. The summed E-state index contributed by atoms with van der Waals surface area (Å²) in [4.78, 5) is 4.86. The summed E-state index contributed by atoms with van der Waals surface area (Å²) in [6.07, 6.45) is 1.90. The molecule has 1 aliphatic rings. The molecule has 3 heteroatoms. The predicted molar refractivity (Wildman–Crippen MR) is 207 cm³/mol. The molecular formula is C48H33IrN2-. The van der Waals surface area contributed by atoms with E-state index in [-0.39, 0.29) is 20.1 Å². The van der Waals surface area contributed by atoms with Crippen LogP contribution in [0.5, 0.6) is 0 Å². The first-order valence-electron chi connectivity index (χ1n) is 17.3. The monoisotopic (exact) mass is 830 g/mol. The van der Waals surface area contributed by atoms with Crippen LogP contribution in [0.1, 0.15) is 33.4 Å². The average Bonchev–Trinajstić information content (AvgIpc) is 3.51. The Morgan fingerprint density at radius 2 is 1.24 bits per heavy atom.